The predicted molar refractivity (Wildman–Crippen MR) is 70.2 cm³/mol. The molecule has 2 rings (SSSR count). The van der Waals surface area contributed by atoms with Gasteiger partial charge >= 0.3 is 6.18 Å². The van der Waals surface area contributed by atoms with Crippen LogP contribution in [0.3, 0.4) is 0 Å². The van der Waals surface area contributed by atoms with Gasteiger partial charge in [0.1, 0.15) is 11.3 Å². The van der Waals surface area contributed by atoms with Crippen molar-refractivity contribution in [1.82, 2.24) is 4.98 Å². The van der Waals surface area contributed by atoms with E-state index in [1.165, 1.54) is 18.3 Å². The maximum Gasteiger partial charge on any atom is 0.417 e. The topological polar surface area (TPSA) is 30.0 Å². The molecule has 7 heteroatoms. The Morgan fingerprint density at radius 3 is 2.60 bits per heavy atom. The SMILES string of the molecule is O=Cc1ccc(Sc2ncccc2Cl)c(C(F)(F)F)c1. The molecule has 104 valence electrons. The van der Waals surface area contributed by atoms with E-state index >= 15 is 0 Å². The number of benzene rings is 1. The van der Waals surface area contributed by atoms with Crippen LogP contribution in [0, 0.1) is 0 Å². The fourth-order valence-corrected chi connectivity index (χ4v) is 2.63. The van der Waals surface area contributed by atoms with E-state index in [4.69, 9.17) is 11.6 Å². The van der Waals surface area contributed by atoms with Crippen LogP contribution in [0.2, 0.25) is 5.02 Å². The Balaban J connectivity index is 2.46. The lowest BCUT2D eigenvalue weighted by Gasteiger charge is -2.13. The van der Waals surface area contributed by atoms with Crippen LogP contribution < -0.4 is 0 Å². The van der Waals surface area contributed by atoms with Crippen LogP contribution in [-0.2, 0) is 6.18 Å². The fraction of sp³-hybridized carbons (Fsp3) is 0.0769. The monoisotopic (exact) mass is 317 g/mol. The highest BCUT2D eigenvalue weighted by atomic mass is 35.5. The Hall–Kier alpha value is -1.53. The first-order chi connectivity index (χ1) is 9.41. The molecular weight excluding hydrogens is 311 g/mol. The van der Waals surface area contributed by atoms with E-state index in [-0.39, 0.29) is 20.5 Å². The number of aldehydes is 1. The smallest absolute Gasteiger partial charge is 0.298 e. The van der Waals surface area contributed by atoms with Crippen molar-refractivity contribution in [2.24, 2.45) is 0 Å². The van der Waals surface area contributed by atoms with Gasteiger partial charge in [-0.2, -0.15) is 13.2 Å². The maximum absolute atomic E-state index is 13.0. The van der Waals surface area contributed by atoms with Crippen molar-refractivity contribution in [3.63, 3.8) is 0 Å². The summed E-state index contributed by atoms with van der Waals surface area (Å²) in [5.41, 5.74) is -0.914. The number of nitrogens with zero attached hydrogens (tertiary/aromatic N) is 1. The van der Waals surface area contributed by atoms with Crippen molar-refractivity contribution < 1.29 is 18.0 Å². The molecule has 0 fully saturated rings. The Morgan fingerprint density at radius 1 is 1.25 bits per heavy atom. The molecule has 0 N–H and O–H groups in total. The third-order valence-corrected chi connectivity index (χ3v) is 3.89. The molecule has 0 aliphatic carbocycles. The number of carbonyl (C=O) groups excluding carboxylic acids is 1. The van der Waals surface area contributed by atoms with Crippen molar-refractivity contribution >= 4 is 29.6 Å². The summed E-state index contributed by atoms with van der Waals surface area (Å²) in [5, 5.41) is 0.545. The molecule has 0 saturated carbocycles. The number of carbonyl (C=O) groups is 1. The number of hydrogen-bond donors (Lipinski definition) is 0. The molecule has 0 aliphatic rings. The molecule has 2 aromatic rings. The van der Waals surface area contributed by atoms with E-state index in [0.29, 0.717) is 6.29 Å². The van der Waals surface area contributed by atoms with Crippen LogP contribution in [0.1, 0.15) is 15.9 Å². The lowest BCUT2D eigenvalue weighted by atomic mass is 10.1. The molecule has 0 atom stereocenters. The van der Waals surface area contributed by atoms with Crippen LogP contribution in [0.15, 0.2) is 46.5 Å². The first-order valence-corrected chi connectivity index (χ1v) is 6.56. The second-order valence-electron chi connectivity index (χ2n) is 3.76. The average Bonchev–Trinajstić information content (AvgIpc) is 2.40. The highest BCUT2D eigenvalue weighted by Gasteiger charge is 2.34. The van der Waals surface area contributed by atoms with Crippen molar-refractivity contribution in [2.45, 2.75) is 16.1 Å². The van der Waals surface area contributed by atoms with Gasteiger partial charge in [0.2, 0.25) is 0 Å². The molecular formula is C13H7ClF3NOS. The zero-order valence-electron chi connectivity index (χ0n) is 9.82. The minimum absolute atomic E-state index is 0.0335. The lowest BCUT2D eigenvalue weighted by molar-refractivity contribution is -0.139. The van der Waals surface area contributed by atoms with Gasteiger partial charge < -0.3 is 0 Å². The van der Waals surface area contributed by atoms with Crippen molar-refractivity contribution in [3.8, 4) is 0 Å². The molecule has 0 saturated heterocycles. The zero-order chi connectivity index (χ0) is 14.8. The number of pyridine rings is 1. The zero-order valence-corrected chi connectivity index (χ0v) is 11.4. The van der Waals surface area contributed by atoms with Gasteiger partial charge in [0, 0.05) is 16.7 Å². The second-order valence-corrected chi connectivity index (χ2v) is 5.20. The minimum atomic E-state index is -4.55. The number of aromatic nitrogens is 1. The number of hydrogen-bond acceptors (Lipinski definition) is 3. The van der Waals surface area contributed by atoms with Gasteiger partial charge in [-0.05, 0) is 24.3 Å². The molecule has 2 nitrogen and oxygen atoms in total. The summed E-state index contributed by atoms with van der Waals surface area (Å²) in [6.45, 7) is 0. The Labute approximate surface area is 122 Å². The molecule has 0 spiro atoms. The van der Waals surface area contributed by atoms with E-state index < -0.39 is 11.7 Å². The standard InChI is InChI=1S/C13H7ClF3NOS/c14-10-2-1-5-18-12(10)20-11-4-3-8(7-19)6-9(11)13(15,16)17/h1-7H. The second kappa shape index (κ2) is 5.85. The summed E-state index contributed by atoms with van der Waals surface area (Å²) < 4.78 is 39.0. The lowest BCUT2D eigenvalue weighted by Crippen LogP contribution is -2.07. The predicted octanol–water partition coefficient (Wildman–Crippen LogP) is 4.72. The molecule has 20 heavy (non-hydrogen) atoms. The first kappa shape index (κ1) is 14.9. The van der Waals surface area contributed by atoms with Gasteiger partial charge in [-0.15, -0.1) is 0 Å². The Morgan fingerprint density at radius 2 is 2.00 bits per heavy atom. The molecule has 0 aliphatic heterocycles. The van der Waals surface area contributed by atoms with Crippen molar-refractivity contribution in [1.29, 1.82) is 0 Å². The summed E-state index contributed by atoms with van der Waals surface area (Å²) in [4.78, 5) is 14.5. The summed E-state index contributed by atoms with van der Waals surface area (Å²) in [6, 6.07) is 6.51. The molecule has 0 bridgehead atoms. The molecule has 0 radical (unpaired) electrons. The van der Waals surface area contributed by atoms with Crippen LogP contribution in [0.25, 0.3) is 0 Å². The van der Waals surface area contributed by atoms with E-state index in [2.05, 4.69) is 4.98 Å². The van der Waals surface area contributed by atoms with Gasteiger partial charge in [-0.25, -0.2) is 4.98 Å². The highest BCUT2D eigenvalue weighted by Crippen LogP contribution is 2.40. The maximum atomic E-state index is 13.0. The highest BCUT2D eigenvalue weighted by molar-refractivity contribution is 7.99. The Kier molecular flexibility index (Phi) is 4.35. The first-order valence-electron chi connectivity index (χ1n) is 5.36. The number of alkyl halides is 3. The fourth-order valence-electron chi connectivity index (χ4n) is 1.48. The summed E-state index contributed by atoms with van der Waals surface area (Å²) in [7, 11) is 0. The molecule has 0 unspecified atom stereocenters. The summed E-state index contributed by atoms with van der Waals surface area (Å²) in [5.74, 6) is 0. The number of rotatable bonds is 3. The van der Waals surface area contributed by atoms with Crippen LogP contribution >= 0.6 is 23.4 Å². The van der Waals surface area contributed by atoms with Crippen LogP contribution in [-0.4, -0.2) is 11.3 Å². The van der Waals surface area contributed by atoms with E-state index in [9.17, 15) is 18.0 Å². The van der Waals surface area contributed by atoms with Gasteiger partial charge in [0.05, 0.1) is 10.6 Å². The van der Waals surface area contributed by atoms with E-state index in [0.717, 1.165) is 17.8 Å². The van der Waals surface area contributed by atoms with Gasteiger partial charge in [0.25, 0.3) is 0 Å². The third kappa shape index (κ3) is 3.32. The van der Waals surface area contributed by atoms with Crippen LogP contribution in [0.5, 0.6) is 0 Å². The molecule has 1 heterocycles. The average molecular weight is 318 g/mol. The minimum Gasteiger partial charge on any atom is -0.298 e. The van der Waals surface area contributed by atoms with Crippen molar-refractivity contribution in [2.75, 3.05) is 0 Å². The van der Waals surface area contributed by atoms with Gasteiger partial charge in [-0.1, -0.05) is 29.4 Å². The molecule has 1 aromatic heterocycles. The van der Waals surface area contributed by atoms with Crippen LogP contribution in [0.4, 0.5) is 13.2 Å². The Bertz CT molecular complexity index is 646. The molecule has 1 aromatic carbocycles. The van der Waals surface area contributed by atoms with Crippen molar-refractivity contribution in [3.05, 3.63) is 52.7 Å². The quantitative estimate of drug-likeness (QED) is 0.767. The van der Waals surface area contributed by atoms with Gasteiger partial charge in [-0.3, -0.25) is 4.79 Å². The largest absolute Gasteiger partial charge is 0.417 e. The summed E-state index contributed by atoms with van der Waals surface area (Å²) >= 11 is 6.69. The normalized spacial score (nSPS) is 11.4. The number of halogens is 4. The van der Waals surface area contributed by atoms with E-state index in [1.54, 1.807) is 12.1 Å². The third-order valence-electron chi connectivity index (χ3n) is 2.38. The molecule has 0 amide bonds. The van der Waals surface area contributed by atoms with Gasteiger partial charge in [0.15, 0.2) is 0 Å². The van der Waals surface area contributed by atoms with E-state index in [1.807, 2.05) is 0 Å². The summed E-state index contributed by atoms with van der Waals surface area (Å²) in [6.07, 6.45) is -2.73.